The van der Waals surface area contributed by atoms with Crippen LogP contribution < -0.4 is 5.63 Å². The van der Waals surface area contributed by atoms with Crippen molar-refractivity contribution in [3.05, 3.63) is 81.2 Å². The maximum atomic E-state index is 12.8. The topological polar surface area (TPSA) is 56.5 Å². The van der Waals surface area contributed by atoms with Gasteiger partial charge in [-0.2, -0.15) is 0 Å². The number of benzene rings is 2. The Morgan fingerprint density at radius 3 is 2.52 bits per heavy atom. The third kappa shape index (κ3) is 2.76. The number of carbonyl (C=O) groups is 1. The highest BCUT2D eigenvalue weighted by atomic mass is 16.5. The number of hydrogen-bond donors (Lipinski definition) is 0. The number of fused-ring (bicyclic) bond motifs is 2. The first-order chi connectivity index (χ1) is 13.2. The van der Waals surface area contributed by atoms with Crippen molar-refractivity contribution in [1.29, 1.82) is 0 Å². The number of hydrogen-bond acceptors (Lipinski definition) is 4. The number of rotatable bonds is 4. The fraction of sp³-hybridized carbons (Fsp3) is 0.304. The monoisotopic (exact) mass is 360 g/mol. The van der Waals surface area contributed by atoms with Crippen LogP contribution in [0.3, 0.4) is 0 Å². The van der Waals surface area contributed by atoms with Crippen molar-refractivity contribution in [2.75, 3.05) is 0 Å². The molecule has 27 heavy (non-hydrogen) atoms. The molecule has 0 N–H and O–H groups in total. The Bertz CT molecular complexity index is 1090. The van der Waals surface area contributed by atoms with Gasteiger partial charge < -0.3 is 9.15 Å². The standard InChI is InChI=1S/C23H20O4/c24-21-13-17(19-11-15-5-4-6-16(15)12-20(19)27-21)14-26-22(25)23(9-10-23)18-7-2-1-3-8-18/h1-3,7-8,11-13H,4-6,9-10,14H2. The van der Waals surface area contributed by atoms with Crippen LogP contribution >= 0.6 is 0 Å². The normalized spacial score (nSPS) is 16.9. The molecule has 0 saturated heterocycles. The molecule has 136 valence electrons. The van der Waals surface area contributed by atoms with Gasteiger partial charge in [0.25, 0.3) is 0 Å². The zero-order valence-electron chi connectivity index (χ0n) is 15.0. The minimum Gasteiger partial charge on any atom is -0.460 e. The van der Waals surface area contributed by atoms with Crippen LogP contribution in [-0.4, -0.2) is 5.97 Å². The lowest BCUT2D eigenvalue weighted by molar-refractivity contribution is -0.148. The molecule has 4 nitrogen and oxygen atoms in total. The summed E-state index contributed by atoms with van der Waals surface area (Å²) in [6.45, 7) is 0.0916. The fourth-order valence-corrected chi connectivity index (χ4v) is 4.19. The Balaban J connectivity index is 1.44. The molecule has 3 aromatic rings. The van der Waals surface area contributed by atoms with Gasteiger partial charge in [-0.15, -0.1) is 0 Å². The smallest absolute Gasteiger partial charge is 0.336 e. The van der Waals surface area contributed by atoms with Gasteiger partial charge >= 0.3 is 11.6 Å². The molecule has 0 aliphatic heterocycles. The summed E-state index contributed by atoms with van der Waals surface area (Å²) in [7, 11) is 0. The van der Waals surface area contributed by atoms with Gasteiger partial charge in [0.05, 0.1) is 5.41 Å². The van der Waals surface area contributed by atoms with Gasteiger partial charge in [0.1, 0.15) is 12.2 Å². The molecule has 2 aliphatic rings. The van der Waals surface area contributed by atoms with E-state index in [0.29, 0.717) is 11.1 Å². The molecule has 0 spiro atoms. The minimum absolute atomic E-state index is 0.0916. The molecule has 0 radical (unpaired) electrons. The molecule has 5 rings (SSSR count). The van der Waals surface area contributed by atoms with Crippen LogP contribution in [0, 0.1) is 0 Å². The Labute approximate surface area is 156 Å². The van der Waals surface area contributed by atoms with Crippen LogP contribution in [0.1, 0.15) is 41.5 Å². The van der Waals surface area contributed by atoms with Gasteiger partial charge in [0.15, 0.2) is 0 Å². The largest absolute Gasteiger partial charge is 0.460 e. The van der Waals surface area contributed by atoms with E-state index in [-0.39, 0.29) is 12.6 Å². The summed E-state index contributed by atoms with van der Waals surface area (Å²) < 4.78 is 11.1. The second-order valence-corrected chi connectivity index (χ2v) is 7.59. The van der Waals surface area contributed by atoms with Crippen molar-refractivity contribution in [2.45, 2.75) is 44.1 Å². The third-order valence-electron chi connectivity index (χ3n) is 5.87. The highest BCUT2D eigenvalue weighted by molar-refractivity contribution is 5.87. The van der Waals surface area contributed by atoms with Crippen molar-refractivity contribution in [1.82, 2.24) is 0 Å². The molecule has 4 heteroatoms. The molecule has 0 amide bonds. The van der Waals surface area contributed by atoms with Crippen LogP contribution in [-0.2, 0) is 34.4 Å². The van der Waals surface area contributed by atoms with E-state index in [1.165, 1.54) is 17.2 Å². The van der Waals surface area contributed by atoms with Crippen molar-refractivity contribution >= 4 is 16.9 Å². The zero-order valence-corrected chi connectivity index (χ0v) is 15.0. The Morgan fingerprint density at radius 2 is 1.78 bits per heavy atom. The van der Waals surface area contributed by atoms with Gasteiger partial charge in [-0.1, -0.05) is 30.3 Å². The average molecular weight is 360 g/mol. The average Bonchev–Trinajstić information content (AvgIpc) is 3.38. The van der Waals surface area contributed by atoms with Crippen LogP contribution in [0.4, 0.5) is 0 Å². The van der Waals surface area contributed by atoms with E-state index < -0.39 is 11.0 Å². The van der Waals surface area contributed by atoms with Crippen LogP contribution in [0.25, 0.3) is 11.0 Å². The summed E-state index contributed by atoms with van der Waals surface area (Å²) in [5, 5.41) is 0.868. The van der Waals surface area contributed by atoms with E-state index in [1.54, 1.807) is 0 Å². The van der Waals surface area contributed by atoms with Crippen molar-refractivity contribution in [3.63, 3.8) is 0 Å². The molecule has 0 unspecified atom stereocenters. The van der Waals surface area contributed by atoms with E-state index in [2.05, 4.69) is 6.07 Å². The summed E-state index contributed by atoms with van der Waals surface area (Å²) in [5.74, 6) is -0.212. The first-order valence-corrected chi connectivity index (χ1v) is 9.47. The molecular formula is C23H20O4. The molecule has 1 fully saturated rings. The lowest BCUT2D eigenvalue weighted by atomic mass is 9.96. The Morgan fingerprint density at radius 1 is 1.04 bits per heavy atom. The van der Waals surface area contributed by atoms with Gasteiger partial charge in [0.2, 0.25) is 0 Å². The highest BCUT2D eigenvalue weighted by Gasteiger charge is 2.52. The summed E-state index contributed by atoms with van der Waals surface area (Å²) in [6.07, 6.45) is 4.80. The van der Waals surface area contributed by atoms with Crippen molar-refractivity contribution in [2.24, 2.45) is 0 Å². The van der Waals surface area contributed by atoms with Crippen LogP contribution in [0.2, 0.25) is 0 Å². The zero-order chi connectivity index (χ0) is 18.4. The van der Waals surface area contributed by atoms with E-state index in [4.69, 9.17) is 9.15 Å². The predicted molar refractivity (Wildman–Crippen MR) is 102 cm³/mol. The van der Waals surface area contributed by atoms with Crippen molar-refractivity contribution < 1.29 is 13.9 Å². The van der Waals surface area contributed by atoms with Gasteiger partial charge in [-0.25, -0.2) is 4.79 Å². The van der Waals surface area contributed by atoms with E-state index in [9.17, 15) is 9.59 Å². The highest BCUT2D eigenvalue weighted by Crippen LogP contribution is 2.49. The maximum absolute atomic E-state index is 12.8. The summed E-state index contributed by atoms with van der Waals surface area (Å²) in [4.78, 5) is 24.8. The third-order valence-corrected chi connectivity index (χ3v) is 5.87. The Hall–Kier alpha value is -2.88. The Kier molecular flexibility index (Phi) is 3.67. The molecule has 0 atom stereocenters. The van der Waals surface area contributed by atoms with E-state index in [0.717, 1.165) is 43.1 Å². The first kappa shape index (κ1) is 16.3. The lowest BCUT2D eigenvalue weighted by Crippen LogP contribution is -2.23. The quantitative estimate of drug-likeness (QED) is 0.520. The second kappa shape index (κ2) is 6.08. The van der Waals surface area contributed by atoms with Gasteiger partial charge in [-0.05, 0) is 60.9 Å². The molecule has 2 aromatic carbocycles. The van der Waals surface area contributed by atoms with Crippen LogP contribution in [0.5, 0.6) is 0 Å². The van der Waals surface area contributed by atoms with Gasteiger partial charge in [-0.3, -0.25) is 4.79 Å². The van der Waals surface area contributed by atoms with Crippen molar-refractivity contribution in [3.8, 4) is 0 Å². The fourth-order valence-electron chi connectivity index (χ4n) is 4.19. The molecule has 2 aliphatic carbocycles. The SMILES string of the molecule is O=C(OCc1cc(=O)oc2cc3c(cc12)CCC3)C1(c2ccccc2)CC1. The number of aryl methyl sites for hydroxylation is 2. The van der Waals surface area contributed by atoms with E-state index >= 15 is 0 Å². The molecule has 1 heterocycles. The molecular weight excluding hydrogens is 340 g/mol. The minimum atomic E-state index is -0.516. The molecule has 1 saturated carbocycles. The van der Waals surface area contributed by atoms with Gasteiger partial charge in [0, 0.05) is 17.0 Å². The van der Waals surface area contributed by atoms with Crippen LogP contribution in [0.15, 0.2) is 57.7 Å². The van der Waals surface area contributed by atoms with E-state index in [1.807, 2.05) is 36.4 Å². The number of esters is 1. The summed E-state index contributed by atoms with van der Waals surface area (Å²) in [5.41, 5.74) is 3.93. The summed E-state index contributed by atoms with van der Waals surface area (Å²) >= 11 is 0. The first-order valence-electron chi connectivity index (χ1n) is 9.47. The summed E-state index contributed by atoms with van der Waals surface area (Å²) in [6, 6.07) is 15.3. The number of carbonyl (C=O) groups excluding carboxylic acids is 1. The molecule has 1 aromatic heterocycles. The number of ether oxygens (including phenoxy) is 1. The predicted octanol–water partition coefficient (Wildman–Crippen LogP) is 4.06. The second-order valence-electron chi connectivity index (χ2n) is 7.59. The maximum Gasteiger partial charge on any atom is 0.336 e. The molecule has 0 bridgehead atoms. The lowest BCUT2D eigenvalue weighted by Gasteiger charge is -2.15.